The maximum atomic E-state index is 10.0. The Bertz CT molecular complexity index is 1940. The second-order valence-electron chi connectivity index (χ2n) is 11.4. The van der Waals surface area contributed by atoms with Gasteiger partial charge in [0.2, 0.25) is 6.35 Å². The van der Waals surface area contributed by atoms with Crippen LogP contribution in [-0.2, 0) is 30.6 Å². The maximum Gasteiger partial charge on any atom is 2.00 e. The van der Waals surface area contributed by atoms with Gasteiger partial charge in [0.15, 0.2) is 17.4 Å². The number of para-hydroxylation sites is 4. The van der Waals surface area contributed by atoms with Crippen molar-refractivity contribution in [3.05, 3.63) is 165 Å². The number of aliphatic hydroxyl groups is 1. The van der Waals surface area contributed by atoms with Gasteiger partial charge in [-0.05, 0) is 57.2 Å². The molecule has 0 amide bonds. The number of anilines is 8. The zero-order chi connectivity index (χ0) is 36.3. The van der Waals surface area contributed by atoms with Crippen LogP contribution in [-0.4, -0.2) is 43.8 Å². The SMILES string of the molecule is C.CC(=O)C=C(C)O.CCOC1N(c2ccccc2)c2nccnc2N1c1ccccc1.[Pt+2].[c-]1ccccc1N1[CH-]N(c2ccccc2)c2nccnc21. The van der Waals surface area contributed by atoms with Crippen molar-refractivity contribution in [2.24, 2.45) is 0 Å². The zero-order valence-corrected chi connectivity index (χ0v) is 31.6. The summed E-state index contributed by atoms with van der Waals surface area (Å²) >= 11 is 0. The number of aliphatic hydroxyl groups excluding tert-OH is 1. The van der Waals surface area contributed by atoms with E-state index < -0.39 is 0 Å². The Hall–Kier alpha value is -5.90. The molecular weight excluding hydrogens is 860 g/mol. The molecule has 2 aromatic heterocycles. The third kappa shape index (κ3) is 9.55. The van der Waals surface area contributed by atoms with Crippen molar-refractivity contribution in [1.29, 1.82) is 0 Å². The molecule has 4 aromatic carbocycles. The molecule has 0 unspecified atom stereocenters. The van der Waals surface area contributed by atoms with Gasteiger partial charge in [0.25, 0.3) is 0 Å². The van der Waals surface area contributed by atoms with Gasteiger partial charge in [-0.25, -0.2) is 19.9 Å². The molecule has 12 heteroatoms. The third-order valence-electron chi connectivity index (χ3n) is 7.69. The van der Waals surface area contributed by atoms with Crippen LogP contribution in [0, 0.1) is 12.7 Å². The molecule has 0 radical (unpaired) electrons. The molecule has 4 heterocycles. The quantitative estimate of drug-likeness (QED) is 0.0940. The average Bonchev–Trinajstić information content (AvgIpc) is 3.73. The Balaban J connectivity index is 0.000000200. The number of hydrogen-bond donors (Lipinski definition) is 1. The van der Waals surface area contributed by atoms with Gasteiger partial charge in [0, 0.05) is 54.5 Å². The maximum absolute atomic E-state index is 10.0. The Morgan fingerprint density at radius 1 is 0.704 bits per heavy atom. The Labute approximate surface area is 331 Å². The fourth-order valence-corrected chi connectivity index (χ4v) is 5.63. The summed E-state index contributed by atoms with van der Waals surface area (Å²) in [6.45, 7) is 7.43. The van der Waals surface area contributed by atoms with Gasteiger partial charge in [0.05, 0.1) is 5.76 Å². The van der Waals surface area contributed by atoms with Crippen molar-refractivity contribution in [1.82, 2.24) is 19.9 Å². The summed E-state index contributed by atoms with van der Waals surface area (Å²) in [7, 11) is 0. The minimum Gasteiger partial charge on any atom is -0.512 e. The Morgan fingerprint density at radius 2 is 1.15 bits per heavy atom. The number of carbonyl (C=O) groups is 1. The molecule has 0 atom stereocenters. The molecule has 11 nitrogen and oxygen atoms in total. The smallest absolute Gasteiger partial charge is 0.512 e. The summed E-state index contributed by atoms with van der Waals surface area (Å²) in [5.41, 5.74) is 4.04. The number of aromatic nitrogens is 4. The molecule has 278 valence electrons. The van der Waals surface area contributed by atoms with Crippen molar-refractivity contribution < 1.29 is 35.7 Å². The first kappa shape index (κ1) is 40.9. The van der Waals surface area contributed by atoms with Gasteiger partial charge in [-0.2, -0.15) is 30.3 Å². The van der Waals surface area contributed by atoms with Crippen molar-refractivity contribution in [2.45, 2.75) is 34.5 Å². The van der Waals surface area contributed by atoms with E-state index in [-0.39, 0.29) is 46.4 Å². The zero-order valence-electron chi connectivity index (χ0n) is 29.4. The van der Waals surface area contributed by atoms with E-state index in [1.807, 2.05) is 114 Å². The second-order valence-corrected chi connectivity index (χ2v) is 11.4. The first-order valence-electron chi connectivity index (χ1n) is 16.7. The second kappa shape index (κ2) is 19.8. The number of rotatable bonds is 7. The number of allylic oxidation sites excluding steroid dienone is 2. The molecule has 1 N–H and O–H groups in total. The summed E-state index contributed by atoms with van der Waals surface area (Å²) in [5.74, 6) is 3.16. The van der Waals surface area contributed by atoms with Gasteiger partial charge < -0.3 is 19.6 Å². The summed E-state index contributed by atoms with van der Waals surface area (Å²) in [5, 5.41) is 8.36. The van der Waals surface area contributed by atoms with Crippen LogP contribution in [0.15, 0.2) is 152 Å². The summed E-state index contributed by atoms with van der Waals surface area (Å²) in [6, 6.07) is 41.5. The molecule has 0 saturated heterocycles. The van der Waals surface area contributed by atoms with E-state index in [4.69, 9.17) is 9.84 Å². The minimum absolute atomic E-state index is 0. The topological polar surface area (TPSA) is 111 Å². The first-order chi connectivity index (χ1) is 25.5. The monoisotopic (exact) mass is 901 g/mol. The van der Waals surface area contributed by atoms with Crippen molar-refractivity contribution in [3.8, 4) is 0 Å². The molecule has 0 fully saturated rings. The summed E-state index contributed by atoms with van der Waals surface area (Å²) in [6.07, 6.45) is 7.69. The molecular formula is C42H42N8O3Pt. The van der Waals surface area contributed by atoms with Crippen LogP contribution in [0.1, 0.15) is 28.2 Å². The molecule has 8 rings (SSSR count). The molecule has 2 aliphatic rings. The largest absolute Gasteiger partial charge is 2.00 e. The normalized spacial score (nSPS) is 12.9. The van der Waals surface area contributed by atoms with E-state index in [2.05, 4.69) is 60.1 Å². The van der Waals surface area contributed by atoms with Crippen molar-refractivity contribution >= 4 is 51.8 Å². The van der Waals surface area contributed by atoms with Crippen LogP contribution in [0.5, 0.6) is 0 Å². The van der Waals surface area contributed by atoms with Crippen LogP contribution >= 0.6 is 0 Å². The summed E-state index contributed by atoms with van der Waals surface area (Å²) in [4.78, 5) is 36.3. The average molecular weight is 902 g/mol. The van der Waals surface area contributed by atoms with Crippen LogP contribution in [0.3, 0.4) is 0 Å². The number of carbonyl (C=O) groups excluding carboxylic acids is 1. The molecule has 6 aromatic rings. The van der Waals surface area contributed by atoms with E-state index in [0.717, 1.165) is 46.0 Å². The van der Waals surface area contributed by atoms with Gasteiger partial charge in [-0.3, -0.25) is 14.6 Å². The molecule has 0 saturated carbocycles. The molecule has 0 spiro atoms. The fourth-order valence-electron chi connectivity index (χ4n) is 5.63. The van der Waals surface area contributed by atoms with E-state index in [0.29, 0.717) is 6.61 Å². The van der Waals surface area contributed by atoms with Gasteiger partial charge in [0.1, 0.15) is 11.6 Å². The third-order valence-corrected chi connectivity index (χ3v) is 7.69. The predicted octanol–water partition coefficient (Wildman–Crippen LogP) is 9.44. The van der Waals surface area contributed by atoms with E-state index in [1.165, 1.54) is 19.9 Å². The molecule has 0 bridgehead atoms. The Kier molecular flexibility index (Phi) is 15.0. The molecule has 54 heavy (non-hydrogen) atoms. The summed E-state index contributed by atoms with van der Waals surface area (Å²) < 4.78 is 6.09. The fraction of sp³-hybridized carbons (Fsp3) is 0.143. The van der Waals surface area contributed by atoms with Crippen LogP contribution in [0.25, 0.3) is 0 Å². The van der Waals surface area contributed by atoms with Gasteiger partial charge in [-0.15, -0.1) is 12.4 Å². The van der Waals surface area contributed by atoms with Crippen LogP contribution < -0.4 is 19.6 Å². The van der Waals surface area contributed by atoms with Gasteiger partial charge in [-0.1, -0.05) is 62.0 Å². The molecule has 0 aliphatic carbocycles. The molecule has 2 aliphatic heterocycles. The Morgan fingerprint density at radius 3 is 1.56 bits per heavy atom. The number of hydrogen-bond acceptors (Lipinski definition) is 11. The number of fused-ring (bicyclic) bond motifs is 2. The van der Waals surface area contributed by atoms with E-state index in [1.54, 1.807) is 24.8 Å². The number of nitrogens with zero attached hydrogens (tertiary/aromatic N) is 8. The van der Waals surface area contributed by atoms with Crippen molar-refractivity contribution in [2.75, 3.05) is 26.2 Å². The van der Waals surface area contributed by atoms with Crippen molar-refractivity contribution in [3.63, 3.8) is 0 Å². The first-order valence-corrected chi connectivity index (χ1v) is 16.7. The predicted molar refractivity (Wildman–Crippen MR) is 211 cm³/mol. The van der Waals surface area contributed by atoms with E-state index in [9.17, 15) is 4.79 Å². The van der Waals surface area contributed by atoms with E-state index >= 15 is 0 Å². The number of ether oxygens (including phenoxy) is 1. The van der Waals surface area contributed by atoms with Crippen LogP contribution in [0.2, 0.25) is 0 Å². The van der Waals surface area contributed by atoms with Gasteiger partial charge >= 0.3 is 21.1 Å². The van der Waals surface area contributed by atoms with Crippen LogP contribution in [0.4, 0.5) is 46.0 Å². The standard InChI is InChI=1S/C19H18N4O.C17H12N4.C5H8O2.CH4.Pt/c1-2-24-19-22(15-9-5-3-6-10-15)17-18(21-14-13-20-17)23(19)16-11-7-4-8-12-16;1-3-7-14(8-4-1)20-13-21(15-9-5-2-6-10-15)17-16(20)18-11-12-19-17;1-4(6)3-5(2)7;;/h3-14,19H,2H2,1H3;1-9,11-13H;3,6H,1-2H3;1H4;/q;-2;;;+2. The number of benzene rings is 4. The minimum atomic E-state index is -0.322. The number of ketones is 1.